The van der Waals surface area contributed by atoms with E-state index in [0.29, 0.717) is 55.1 Å². The van der Waals surface area contributed by atoms with Crippen LogP contribution in [0.2, 0.25) is 0 Å². The fourth-order valence-corrected chi connectivity index (χ4v) is 5.79. The van der Waals surface area contributed by atoms with Crippen molar-refractivity contribution >= 4 is 22.8 Å². The summed E-state index contributed by atoms with van der Waals surface area (Å²) in [5, 5.41) is 6.78. The molecule has 0 aliphatic heterocycles. The minimum Gasteiger partial charge on any atom is -0.379 e. The first-order valence-corrected chi connectivity index (χ1v) is 16.0. The van der Waals surface area contributed by atoms with Gasteiger partial charge in [-0.05, 0) is 80.0 Å². The van der Waals surface area contributed by atoms with Gasteiger partial charge in [0.25, 0.3) is 5.91 Å². The van der Waals surface area contributed by atoms with Gasteiger partial charge in [0.1, 0.15) is 23.0 Å². The van der Waals surface area contributed by atoms with Crippen molar-refractivity contribution in [3.8, 4) is 11.4 Å². The van der Waals surface area contributed by atoms with Crippen LogP contribution in [0.1, 0.15) is 53.7 Å². The lowest BCUT2D eigenvalue weighted by atomic mass is 9.90. The topological polar surface area (TPSA) is 127 Å². The number of hydrogen-bond acceptors (Lipinski definition) is 8. The third kappa shape index (κ3) is 8.72. The average molecular weight is 660 g/mol. The molecule has 3 N–H and O–H groups in total. The van der Waals surface area contributed by atoms with Gasteiger partial charge >= 0.3 is 0 Å². The quantitative estimate of drug-likeness (QED) is 0.121. The first-order chi connectivity index (χ1) is 23.4. The summed E-state index contributed by atoms with van der Waals surface area (Å²) in [6.07, 6.45) is 9.95. The molecular weight excluding hydrogens is 623 g/mol. The molecule has 1 saturated carbocycles. The van der Waals surface area contributed by atoms with Gasteiger partial charge in [0.15, 0.2) is 17.5 Å². The summed E-state index contributed by atoms with van der Waals surface area (Å²) in [5.74, 6) is -1.34. The summed E-state index contributed by atoms with van der Waals surface area (Å²) in [4.78, 5) is 32.9. The highest BCUT2D eigenvalue weighted by molar-refractivity contribution is 5.93. The zero-order valence-electron chi connectivity index (χ0n) is 26.2. The van der Waals surface area contributed by atoms with Crippen molar-refractivity contribution in [1.82, 2.24) is 30.2 Å². The SMILES string of the molecule is O=C(N[C@@H]1CCC[C@H](Nc2nc(-c3c[nH]c4ncc(F)cc34)ncc2F)C1)c1cc(CCCOCCOCc2ccc(F)cc2)ccn1. The Balaban J connectivity index is 0.953. The van der Waals surface area contributed by atoms with Gasteiger partial charge in [-0.25, -0.2) is 28.1 Å². The maximum Gasteiger partial charge on any atom is 0.270 e. The van der Waals surface area contributed by atoms with Crippen LogP contribution in [-0.4, -0.2) is 62.7 Å². The molecule has 4 aromatic heterocycles. The van der Waals surface area contributed by atoms with E-state index in [1.54, 1.807) is 30.6 Å². The molecule has 48 heavy (non-hydrogen) atoms. The largest absolute Gasteiger partial charge is 0.379 e. The first-order valence-electron chi connectivity index (χ1n) is 16.0. The van der Waals surface area contributed by atoms with Crippen LogP contribution >= 0.6 is 0 Å². The molecule has 1 aromatic carbocycles. The molecule has 0 radical (unpaired) electrons. The van der Waals surface area contributed by atoms with Crippen LogP contribution in [0.25, 0.3) is 22.4 Å². The second kappa shape index (κ2) is 15.8. The highest BCUT2D eigenvalue weighted by atomic mass is 19.1. The van der Waals surface area contributed by atoms with Crippen LogP contribution in [0.15, 0.2) is 67.3 Å². The molecule has 1 aliphatic carbocycles. The number of H-pyrrole nitrogens is 1. The lowest BCUT2D eigenvalue weighted by molar-refractivity contribution is 0.0399. The molecule has 10 nitrogen and oxygen atoms in total. The Morgan fingerprint density at radius 2 is 1.73 bits per heavy atom. The Bertz CT molecular complexity index is 1840. The fourth-order valence-electron chi connectivity index (χ4n) is 5.79. The number of halogens is 3. The number of aryl methyl sites for hydroxylation is 1. The van der Waals surface area contributed by atoms with E-state index in [1.165, 1.54) is 18.2 Å². The highest BCUT2D eigenvalue weighted by Gasteiger charge is 2.25. The van der Waals surface area contributed by atoms with Gasteiger partial charge < -0.3 is 25.1 Å². The third-order valence-corrected chi connectivity index (χ3v) is 8.20. The molecule has 250 valence electrons. The predicted octanol–water partition coefficient (Wildman–Crippen LogP) is 6.15. The van der Waals surface area contributed by atoms with Crippen molar-refractivity contribution in [3.05, 3.63) is 102 Å². The molecule has 1 fully saturated rings. The molecule has 1 aliphatic rings. The Hall–Kier alpha value is -4.88. The fraction of sp³-hybridized carbons (Fsp3) is 0.343. The Morgan fingerprint density at radius 3 is 2.60 bits per heavy atom. The lowest BCUT2D eigenvalue weighted by Crippen LogP contribution is -2.42. The van der Waals surface area contributed by atoms with Crippen molar-refractivity contribution in [3.63, 3.8) is 0 Å². The number of nitrogens with one attached hydrogen (secondary N) is 3. The van der Waals surface area contributed by atoms with Crippen LogP contribution in [0, 0.1) is 17.5 Å². The van der Waals surface area contributed by atoms with Crippen molar-refractivity contribution in [2.24, 2.45) is 0 Å². The molecule has 0 bridgehead atoms. The summed E-state index contributed by atoms with van der Waals surface area (Å²) in [6, 6.07) is 11.0. The Labute approximate surface area is 275 Å². The van der Waals surface area contributed by atoms with Crippen molar-refractivity contribution in [2.45, 2.75) is 57.2 Å². The molecule has 1 amide bonds. The Kier molecular flexibility index (Phi) is 10.9. The number of nitrogens with zero attached hydrogens (tertiary/aromatic N) is 4. The number of amides is 1. The van der Waals surface area contributed by atoms with E-state index in [0.717, 1.165) is 55.6 Å². The number of pyridine rings is 2. The van der Waals surface area contributed by atoms with Gasteiger partial charge in [0, 0.05) is 42.0 Å². The van der Waals surface area contributed by atoms with Gasteiger partial charge in [-0.3, -0.25) is 9.78 Å². The molecule has 0 saturated heterocycles. The first kappa shape index (κ1) is 33.0. The lowest BCUT2D eigenvalue weighted by Gasteiger charge is -2.30. The smallest absolute Gasteiger partial charge is 0.270 e. The maximum atomic E-state index is 14.8. The number of aromatic amines is 1. The molecule has 0 spiro atoms. The molecule has 4 heterocycles. The monoisotopic (exact) mass is 659 g/mol. The standard InChI is InChI=1S/C35H36F3N7O3/c36-24-8-6-23(7-9-24)21-48-14-13-47-12-2-3-22-10-11-39-31(15-22)35(46)44-27-5-1-4-26(17-27)43-34-30(38)20-42-33(45-34)29-19-41-32-28(29)16-25(37)18-40-32/h6-11,15-16,18-20,26-27H,1-5,12-14,17,21H2,(H,40,41)(H,44,46)(H,42,43,45)/t26-,27+/m0/s1. The van der Waals surface area contributed by atoms with Gasteiger partial charge in [0.05, 0.1) is 32.2 Å². The number of aromatic nitrogens is 5. The second-order valence-electron chi connectivity index (χ2n) is 11.8. The van der Waals surface area contributed by atoms with Crippen LogP contribution in [-0.2, 0) is 22.5 Å². The molecular formula is C35H36F3N7O3. The number of anilines is 1. The van der Waals surface area contributed by atoms with Crippen LogP contribution in [0.3, 0.4) is 0 Å². The number of carbonyl (C=O) groups is 1. The van der Waals surface area contributed by atoms with Crippen LogP contribution in [0.4, 0.5) is 19.0 Å². The van der Waals surface area contributed by atoms with Gasteiger partial charge in [-0.1, -0.05) is 12.1 Å². The van der Waals surface area contributed by atoms with E-state index < -0.39 is 11.6 Å². The van der Waals surface area contributed by atoms with E-state index in [4.69, 9.17) is 9.47 Å². The molecule has 0 unspecified atom stereocenters. The van der Waals surface area contributed by atoms with Crippen molar-refractivity contribution < 1.29 is 27.4 Å². The van der Waals surface area contributed by atoms with Crippen molar-refractivity contribution in [1.29, 1.82) is 0 Å². The predicted molar refractivity (Wildman–Crippen MR) is 174 cm³/mol. The number of benzene rings is 1. The van der Waals surface area contributed by atoms with Crippen LogP contribution < -0.4 is 10.6 Å². The zero-order chi connectivity index (χ0) is 33.3. The Morgan fingerprint density at radius 1 is 0.896 bits per heavy atom. The second-order valence-corrected chi connectivity index (χ2v) is 11.8. The number of rotatable bonds is 14. The minimum atomic E-state index is -0.601. The zero-order valence-corrected chi connectivity index (χ0v) is 26.2. The van der Waals surface area contributed by atoms with Crippen molar-refractivity contribution in [2.75, 3.05) is 25.1 Å². The van der Waals surface area contributed by atoms with Gasteiger partial charge in [-0.15, -0.1) is 0 Å². The van der Waals surface area contributed by atoms with E-state index in [-0.39, 0.29) is 35.5 Å². The molecule has 5 aromatic rings. The normalized spacial score (nSPS) is 16.2. The molecule has 6 rings (SSSR count). The average Bonchev–Trinajstić information content (AvgIpc) is 3.51. The minimum absolute atomic E-state index is 0.0477. The summed E-state index contributed by atoms with van der Waals surface area (Å²) in [7, 11) is 0. The van der Waals surface area contributed by atoms with Gasteiger partial charge in [-0.2, -0.15) is 0 Å². The highest BCUT2D eigenvalue weighted by Crippen LogP contribution is 2.28. The number of fused-ring (bicyclic) bond motifs is 1. The van der Waals surface area contributed by atoms with E-state index >= 15 is 0 Å². The van der Waals surface area contributed by atoms with E-state index in [2.05, 4.69) is 35.6 Å². The van der Waals surface area contributed by atoms with E-state index in [1.807, 2.05) is 6.07 Å². The summed E-state index contributed by atoms with van der Waals surface area (Å²) < 4.78 is 52.8. The number of carbonyl (C=O) groups excluding carboxylic acids is 1. The number of hydrogen-bond donors (Lipinski definition) is 3. The summed E-state index contributed by atoms with van der Waals surface area (Å²) >= 11 is 0. The maximum absolute atomic E-state index is 14.8. The number of ether oxygens (including phenoxy) is 2. The summed E-state index contributed by atoms with van der Waals surface area (Å²) in [5.41, 5.74) is 3.22. The molecule has 2 atom stereocenters. The summed E-state index contributed by atoms with van der Waals surface area (Å²) in [6.45, 7) is 1.84. The third-order valence-electron chi connectivity index (χ3n) is 8.20. The molecule has 13 heteroatoms. The van der Waals surface area contributed by atoms with Crippen LogP contribution in [0.5, 0.6) is 0 Å². The van der Waals surface area contributed by atoms with E-state index in [9.17, 15) is 18.0 Å². The van der Waals surface area contributed by atoms with Gasteiger partial charge in [0.2, 0.25) is 0 Å².